The number of unbranched alkanes of at least 4 members (excludes halogenated alkanes) is 20. The fourth-order valence-electron chi connectivity index (χ4n) is 8.49. The molecule has 2 N–H and O–H groups in total. The normalized spacial score (nSPS) is 17.8. The van der Waals surface area contributed by atoms with E-state index >= 15 is 0 Å². The summed E-state index contributed by atoms with van der Waals surface area (Å²) in [6.07, 6.45) is 59.2. The second-order valence-corrected chi connectivity index (χ2v) is 19.1. The van der Waals surface area contributed by atoms with Crippen molar-refractivity contribution in [2.24, 2.45) is 23.7 Å². The topological polar surface area (TPSA) is 154 Å². The number of aliphatic carboxylic acids is 2. The van der Waals surface area contributed by atoms with E-state index in [2.05, 4.69) is 86.8 Å². The molecule has 0 saturated heterocycles. The summed E-state index contributed by atoms with van der Waals surface area (Å²) in [5.74, 6) is -5.92. The van der Waals surface area contributed by atoms with Gasteiger partial charge in [0.1, 0.15) is 13.2 Å². The number of hydrogen-bond donors (Lipinski definition) is 2. The van der Waals surface area contributed by atoms with Crippen molar-refractivity contribution < 1.29 is 48.4 Å². The molecule has 5 unspecified atom stereocenters. The lowest BCUT2D eigenvalue weighted by atomic mass is 9.69. The standard InChI is InChI=1S/C61H96O10/c1-4-7-10-12-14-16-18-20-22-24-26-28-32-36-40-45-55(62)69-50-54(71-57(64)47-42-38-33-29-27-25-23-21-19-17-15-13-11-8-5-2)51-70-56(63)46-41-37-34-30-31-35-39-44-53-49-48-52(43-9-6-3)58(60(65)66)59(53)61(67)68/h12-23,39,44,48-49,52-54,58-59H,4-11,24-38,40-43,45-47,50-51H2,1-3H3,(H,65,66)(H,67,68). The summed E-state index contributed by atoms with van der Waals surface area (Å²) in [7, 11) is 0. The third kappa shape index (κ3) is 36.8. The van der Waals surface area contributed by atoms with E-state index < -0.39 is 47.7 Å². The van der Waals surface area contributed by atoms with Gasteiger partial charge >= 0.3 is 29.8 Å². The number of allylic oxidation sites excluding steroid dienone is 16. The van der Waals surface area contributed by atoms with Gasteiger partial charge in [0, 0.05) is 25.2 Å². The molecule has 0 aromatic heterocycles. The van der Waals surface area contributed by atoms with Gasteiger partial charge < -0.3 is 24.4 Å². The first kappa shape index (κ1) is 64.3. The van der Waals surface area contributed by atoms with Gasteiger partial charge in [-0.3, -0.25) is 24.0 Å². The zero-order valence-electron chi connectivity index (χ0n) is 44.4. The number of carbonyl (C=O) groups excluding carboxylic acids is 3. The first-order valence-electron chi connectivity index (χ1n) is 27.9. The van der Waals surface area contributed by atoms with Gasteiger partial charge in [0.25, 0.3) is 0 Å². The molecule has 0 fully saturated rings. The maximum Gasteiger partial charge on any atom is 0.308 e. The summed E-state index contributed by atoms with van der Waals surface area (Å²) >= 11 is 0. The van der Waals surface area contributed by atoms with E-state index in [9.17, 15) is 34.2 Å². The van der Waals surface area contributed by atoms with Gasteiger partial charge in [-0.25, -0.2) is 0 Å². The number of carbonyl (C=O) groups is 5. The Bertz CT molecular complexity index is 1650. The molecule has 1 aliphatic carbocycles. The van der Waals surface area contributed by atoms with Gasteiger partial charge in [-0.05, 0) is 83.0 Å². The van der Waals surface area contributed by atoms with Crippen LogP contribution in [-0.4, -0.2) is 59.4 Å². The maximum absolute atomic E-state index is 12.9. The fourth-order valence-corrected chi connectivity index (χ4v) is 8.49. The summed E-state index contributed by atoms with van der Waals surface area (Å²) in [5.41, 5.74) is 0. The Balaban J connectivity index is 2.48. The Labute approximate surface area is 430 Å². The molecule has 400 valence electrons. The van der Waals surface area contributed by atoms with Crippen molar-refractivity contribution in [3.05, 3.63) is 97.2 Å². The first-order chi connectivity index (χ1) is 34.6. The zero-order chi connectivity index (χ0) is 51.8. The number of ether oxygens (including phenoxy) is 3. The van der Waals surface area contributed by atoms with Crippen LogP contribution in [0.2, 0.25) is 0 Å². The van der Waals surface area contributed by atoms with E-state index in [1.54, 1.807) is 0 Å². The maximum atomic E-state index is 12.9. The van der Waals surface area contributed by atoms with Crippen LogP contribution in [0.5, 0.6) is 0 Å². The van der Waals surface area contributed by atoms with Crippen LogP contribution in [0.1, 0.15) is 213 Å². The Morgan fingerprint density at radius 2 is 0.817 bits per heavy atom. The number of esters is 3. The van der Waals surface area contributed by atoms with Crippen LogP contribution >= 0.6 is 0 Å². The van der Waals surface area contributed by atoms with Crippen LogP contribution in [0.15, 0.2) is 97.2 Å². The molecule has 0 radical (unpaired) electrons. The molecule has 10 nitrogen and oxygen atoms in total. The van der Waals surface area contributed by atoms with Crippen LogP contribution < -0.4 is 0 Å². The van der Waals surface area contributed by atoms with Gasteiger partial charge in [0.05, 0.1) is 11.8 Å². The molecule has 0 aliphatic heterocycles. The van der Waals surface area contributed by atoms with Crippen molar-refractivity contribution >= 4 is 29.8 Å². The smallest absolute Gasteiger partial charge is 0.308 e. The molecule has 0 heterocycles. The quantitative estimate of drug-likeness (QED) is 0.0198. The van der Waals surface area contributed by atoms with Gasteiger partial charge in [-0.15, -0.1) is 0 Å². The Kier molecular flexibility index (Phi) is 42.0. The minimum Gasteiger partial charge on any atom is -0.481 e. The highest BCUT2D eigenvalue weighted by molar-refractivity contribution is 5.81. The zero-order valence-corrected chi connectivity index (χ0v) is 44.4. The molecule has 0 saturated carbocycles. The second kappa shape index (κ2) is 46.3. The fraction of sp³-hybridized carbons (Fsp3) is 0.656. The van der Waals surface area contributed by atoms with Crippen LogP contribution in [0.25, 0.3) is 0 Å². The van der Waals surface area contributed by atoms with Crippen molar-refractivity contribution in [1.29, 1.82) is 0 Å². The molecule has 5 atom stereocenters. The van der Waals surface area contributed by atoms with Gasteiger partial charge in [0.2, 0.25) is 0 Å². The molecular weight excluding hydrogens is 893 g/mol. The number of carboxylic acid groups (broad SMARTS) is 2. The van der Waals surface area contributed by atoms with Gasteiger partial charge in [-0.2, -0.15) is 0 Å². The average Bonchev–Trinajstić information content (AvgIpc) is 3.35. The van der Waals surface area contributed by atoms with E-state index in [4.69, 9.17) is 14.2 Å². The average molecular weight is 989 g/mol. The van der Waals surface area contributed by atoms with Crippen LogP contribution in [0.4, 0.5) is 0 Å². The van der Waals surface area contributed by atoms with Crippen LogP contribution in [-0.2, 0) is 38.2 Å². The summed E-state index contributed by atoms with van der Waals surface area (Å²) in [5, 5.41) is 19.9. The highest BCUT2D eigenvalue weighted by Crippen LogP contribution is 2.38. The van der Waals surface area contributed by atoms with Crippen molar-refractivity contribution in [1.82, 2.24) is 0 Å². The summed E-state index contributed by atoms with van der Waals surface area (Å²) in [4.78, 5) is 62.5. The van der Waals surface area contributed by atoms with E-state index in [1.165, 1.54) is 25.7 Å². The van der Waals surface area contributed by atoms with Crippen molar-refractivity contribution in [3.63, 3.8) is 0 Å². The molecule has 0 aromatic rings. The molecule has 1 rings (SSSR count). The minimum absolute atomic E-state index is 0.160. The minimum atomic E-state index is -1.07. The Hall–Kier alpha value is -4.73. The lowest BCUT2D eigenvalue weighted by molar-refractivity contribution is -0.167. The molecule has 0 aromatic carbocycles. The number of carboxylic acids is 2. The van der Waals surface area contributed by atoms with Gasteiger partial charge in [0.15, 0.2) is 6.10 Å². The van der Waals surface area contributed by atoms with E-state index in [0.29, 0.717) is 19.3 Å². The molecule has 0 bridgehead atoms. The predicted octanol–water partition coefficient (Wildman–Crippen LogP) is 15.8. The van der Waals surface area contributed by atoms with E-state index in [0.717, 1.165) is 128 Å². The molecule has 10 heteroatoms. The highest BCUT2D eigenvalue weighted by atomic mass is 16.6. The second-order valence-electron chi connectivity index (χ2n) is 19.1. The van der Waals surface area contributed by atoms with Crippen molar-refractivity contribution in [3.8, 4) is 0 Å². The third-order valence-corrected chi connectivity index (χ3v) is 12.7. The lowest BCUT2D eigenvalue weighted by Crippen LogP contribution is -2.41. The lowest BCUT2D eigenvalue weighted by Gasteiger charge is -2.33. The van der Waals surface area contributed by atoms with Crippen LogP contribution in [0.3, 0.4) is 0 Å². The highest BCUT2D eigenvalue weighted by Gasteiger charge is 2.44. The SMILES string of the molecule is CCCCC=CC=CC=CCCCCCCCC(=O)OCC(COC(=O)CCCCCCCC=CC1C=CC(CCCC)C(C(=O)O)C1C(=O)O)OC(=O)CCCCCCCC=CC=CC=CCCCC. The largest absolute Gasteiger partial charge is 0.481 e. The van der Waals surface area contributed by atoms with E-state index in [1.807, 2.05) is 31.2 Å². The third-order valence-electron chi connectivity index (χ3n) is 12.7. The van der Waals surface area contributed by atoms with Gasteiger partial charge in [-0.1, -0.05) is 214 Å². The Morgan fingerprint density at radius 3 is 1.24 bits per heavy atom. The molecular formula is C61H96O10. The molecule has 0 spiro atoms. The summed E-state index contributed by atoms with van der Waals surface area (Å²) < 4.78 is 16.7. The number of hydrogen-bond acceptors (Lipinski definition) is 8. The van der Waals surface area contributed by atoms with E-state index in [-0.39, 0.29) is 44.4 Å². The van der Waals surface area contributed by atoms with Crippen molar-refractivity contribution in [2.45, 2.75) is 219 Å². The molecule has 1 aliphatic rings. The molecule has 0 amide bonds. The Morgan fingerprint density at radius 1 is 0.437 bits per heavy atom. The van der Waals surface area contributed by atoms with Crippen LogP contribution in [0, 0.1) is 23.7 Å². The van der Waals surface area contributed by atoms with Crippen molar-refractivity contribution in [2.75, 3.05) is 13.2 Å². The first-order valence-corrected chi connectivity index (χ1v) is 27.9. The summed E-state index contributed by atoms with van der Waals surface area (Å²) in [6.45, 7) is 6.10. The summed E-state index contributed by atoms with van der Waals surface area (Å²) in [6, 6.07) is 0. The number of rotatable bonds is 45. The predicted molar refractivity (Wildman–Crippen MR) is 290 cm³/mol. The molecule has 71 heavy (non-hydrogen) atoms. The monoisotopic (exact) mass is 989 g/mol.